The summed E-state index contributed by atoms with van der Waals surface area (Å²) in [7, 11) is -1.46. The summed E-state index contributed by atoms with van der Waals surface area (Å²) < 4.78 is 5.85. The maximum atomic E-state index is 5.85. The predicted molar refractivity (Wildman–Crippen MR) is 63.1 cm³/mol. The molecule has 3 heteroatoms. The average Bonchev–Trinajstić information content (AvgIpc) is 2.01. The highest BCUT2D eigenvalue weighted by atomic mass is 32.1. The summed E-state index contributed by atoms with van der Waals surface area (Å²) in [5.74, 6) is 1.74. The molecular formula is C10H16OSSi. The van der Waals surface area contributed by atoms with Crippen molar-refractivity contribution in [2.75, 3.05) is 0 Å². The third-order valence-electron chi connectivity index (χ3n) is 1.51. The number of hydrogen-bond donors (Lipinski definition) is 1. The van der Waals surface area contributed by atoms with E-state index in [0.29, 0.717) is 0 Å². The van der Waals surface area contributed by atoms with Gasteiger partial charge in [0.2, 0.25) is 8.32 Å². The van der Waals surface area contributed by atoms with E-state index in [-0.39, 0.29) is 0 Å². The van der Waals surface area contributed by atoms with E-state index in [0.717, 1.165) is 11.5 Å². The number of thiol groups is 1. The molecule has 0 saturated carbocycles. The molecule has 0 aliphatic rings. The average molecular weight is 212 g/mol. The zero-order chi connectivity index (χ0) is 9.90. The van der Waals surface area contributed by atoms with Crippen LogP contribution in [0.4, 0.5) is 0 Å². The van der Waals surface area contributed by atoms with Crippen molar-refractivity contribution >= 4 is 20.9 Å². The zero-order valence-electron chi connectivity index (χ0n) is 8.37. The van der Waals surface area contributed by atoms with E-state index in [1.165, 1.54) is 5.56 Å². The van der Waals surface area contributed by atoms with E-state index >= 15 is 0 Å². The van der Waals surface area contributed by atoms with Crippen LogP contribution in [0.2, 0.25) is 19.6 Å². The number of rotatable bonds is 3. The Morgan fingerprint density at radius 2 is 2.00 bits per heavy atom. The van der Waals surface area contributed by atoms with E-state index in [1.54, 1.807) is 0 Å². The van der Waals surface area contributed by atoms with E-state index < -0.39 is 8.32 Å². The molecule has 0 N–H and O–H groups in total. The van der Waals surface area contributed by atoms with Gasteiger partial charge in [-0.25, -0.2) is 0 Å². The second-order valence-corrected chi connectivity index (χ2v) is 8.77. The molecule has 0 heterocycles. The highest BCUT2D eigenvalue weighted by Crippen LogP contribution is 2.18. The van der Waals surface area contributed by atoms with Gasteiger partial charge in [-0.1, -0.05) is 12.1 Å². The first kappa shape index (κ1) is 10.7. The molecule has 1 aromatic carbocycles. The van der Waals surface area contributed by atoms with Crippen LogP contribution < -0.4 is 4.43 Å². The lowest BCUT2D eigenvalue weighted by Crippen LogP contribution is -2.29. The predicted octanol–water partition coefficient (Wildman–Crippen LogP) is 3.33. The fraction of sp³-hybridized carbons (Fsp3) is 0.400. The molecule has 0 aliphatic heterocycles. The molecule has 0 saturated heterocycles. The molecule has 0 aliphatic carbocycles. The van der Waals surface area contributed by atoms with Gasteiger partial charge < -0.3 is 4.43 Å². The van der Waals surface area contributed by atoms with Crippen LogP contribution in [0.15, 0.2) is 24.3 Å². The first-order chi connectivity index (χ1) is 6.01. The van der Waals surface area contributed by atoms with Crippen LogP contribution in [0.3, 0.4) is 0 Å². The molecule has 0 fully saturated rings. The van der Waals surface area contributed by atoms with Crippen molar-refractivity contribution in [3.8, 4) is 5.75 Å². The van der Waals surface area contributed by atoms with E-state index in [9.17, 15) is 0 Å². The Bertz CT molecular complexity index is 280. The van der Waals surface area contributed by atoms with Gasteiger partial charge in [-0.2, -0.15) is 12.6 Å². The standard InChI is InChI=1S/C10H16OSSi/c1-13(2,3)11-10-6-4-5-9(7-10)8-12/h4-7,12H,8H2,1-3H3. The maximum absolute atomic E-state index is 5.85. The minimum atomic E-state index is -1.46. The molecule has 0 atom stereocenters. The molecule has 13 heavy (non-hydrogen) atoms. The molecule has 0 unspecified atom stereocenters. The summed E-state index contributed by atoms with van der Waals surface area (Å²) in [6.07, 6.45) is 0. The maximum Gasteiger partial charge on any atom is 0.242 e. The topological polar surface area (TPSA) is 9.23 Å². The lowest BCUT2D eigenvalue weighted by molar-refractivity contribution is 0.557. The van der Waals surface area contributed by atoms with Gasteiger partial charge in [0.25, 0.3) is 0 Å². The van der Waals surface area contributed by atoms with Crippen molar-refractivity contribution in [1.29, 1.82) is 0 Å². The summed E-state index contributed by atoms with van der Waals surface area (Å²) in [4.78, 5) is 0. The van der Waals surface area contributed by atoms with E-state index in [2.05, 4.69) is 44.4 Å². The Labute approximate surface area is 86.7 Å². The second-order valence-electron chi connectivity index (χ2n) is 4.02. The minimum Gasteiger partial charge on any atom is -0.544 e. The zero-order valence-corrected chi connectivity index (χ0v) is 10.3. The number of benzene rings is 1. The molecule has 1 aromatic rings. The Balaban J connectivity index is 2.78. The van der Waals surface area contributed by atoms with Gasteiger partial charge in [0.15, 0.2) is 0 Å². The Morgan fingerprint density at radius 3 is 2.54 bits per heavy atom. The Morgan fingerprint density at radius 1 is 1.31 bits per heavy atom. The lowest BCUT2D eigenvalue weighted by atomic mass is 10.2. The first-order valence-electron chi connectivity index (χ1n) is 4.40. The molecule has 0 aromatic heterocycles. The fourth-order valence-electron chi connectivity index (χ4n) is 1.06. The molecule has 72 valence electrons. The van der Waals surface area contributed by atoms with Crippen molar-refractivity contribution in [2.45, 2.75) is 25.4 Å². The van der Waals surface area contributed by atoms with Crippen molar-refractivity contribution in [3.05, 3.63) is 29.8 Å². The van der Waals surface area contributed by atoms with Crippen molar-refractivity contribution in [3.63, 3.8) is 0 Å². The molecule has 1 rings (SSSR count). The largest absolute Gasteiger partial charge is 0.544 e. The first-order valence-corrected chi connectivity index (χ1v) is 8.44. The SMILES string of the molecule is C[Si](C)(C)Oc1cccc(CS)c1. The van der Waals surface area contributed by atoms with Gasteiger partial charge in [0, 0.05) is 5.75 Å². The van der Waals surface area contributed by atoms with E-state index in [1.807, 2.05) is 12.1 Å². The quantitative estimate of drug-likeness (QED) is 0.597. The Kier molecular flexibility index (Phi) is 3.45. The van der Waals surface area contributed by atoms with Crippen LogP contribution in [0.5, 0.6) is 5.75 Å². The summed E-state index contributed by atoms with van der Waals surface area (Å²) in [6, 6.07) is 8.14. The van der Waals surface area contributed by atoms with Gasteiger partial charge in [-0.15, -0.1) is 0 Å². The third kappa shape index (κ3) is 3.87. The molecular weight excluding hydrogens is 196 g/mol. The third-order valence-corrected chi connectivity index (χ3v) is 2.72. The van der Waals surface area contributed by atoms with Crippen LogP contribution in [-0.4, -0.2) is 8.32 Å². The summed E-state index contributed by atoms with van der Waals surface area (Å²) in [5.41, 5.74) is 1.21. The van der Waals surface area contributed by atoms with Crippen LogP contribution in [-0.2, 0) is 5.75 Å². The van der Waals surface area contributed by atoms with E-state index in [4.69, 9.17) is 4.43 Å². The monoisotopic (exact) mass is 212 g/mol. The normalized spacial score (nSPS) is 11.4. The van der Waals surface area contributed by atoms with Crippen molar-refractivity contribution < 1.29 is 4.43 Å². The minimum absolute atomic E-state index is 0.767. The molecule has 0 radical (unpaired) electrons. The van der Waals surface area contributed by atoms with Crippen molar-refractivity contribution in [2.24, 2.45) is 0 Å². The molecule has 1 nitrogen and oxygen atoms in total. The van der Waals surface area contributed by atoms with Gasteiger partial charge in [-0.3, -0.25) is 0 Å². The molecule has 0 bridgehead atoms. The summed E-state index contributed by atoms with van der Waals surface area (Å²) >= 11 is 4.22. The summed E-state index contributed by atoms with van der Waals surface area (Å²) in [5, 5.41) is 0. The smallest absolute Gasteiger partial charge is 0.242 e. The van der Waals surface area contributed by atoms with Crippen LogP contribution >= 0.6 is 12.6 Å². The molecule has 0 spiro atoms. The Hall–Kier alpha value is -0.413. The van der Waals surface area contributed by atoms with Gasteiger partial charge >= 0.3 is 0 Å². The van der Waals surface area contributed by atoms with Gasteiger partial charge in [0.1, 0.15) is 5.75 Å². The van der Waals surface area contributed by atoms with Crippen LogP contribution in [0, 0.1) is 0 Å². The van der Waals surface area contributed by atoms with Gasteiger partial charge in [-0.05, 0) is 37.3 Å². The number of hydrogen-bond acceptors (Lipinski definition) is 2. The highest BCUT2D eigenvalue weighted by molar-refractivity contribution is 7.79. The lowest BCUT2D eigenvalue weighted by Gasteiger charge is -2.19. The van der Waals surface area contributed by atoms with Gasteiger partial charge in [0.05, 0.1) is 0 Å². The van der Waals surface area contributed by atoms with Crippen LogP contribution in [0.25, 0.3) is 0 Å². The van der Waals surface area contributed by atoms with Crippen LogP contribution in [0.1, 0.15) is 5.56 Å². The highest BCUT2D eigenvalue weighted by Gasteiger charge is 2.15. The van der Waals surface area contributed by atoms with Crippen molar-refractivity contribution in [1.82, 2.24) is 0 Å². The summed E-state index contributed by atoms with van der Waals surface area (Å²) in [6.45, 7) is 6.54. The second kappa shape index (κ2) is 4.20. The molecule has 0 amide bonds. The fourth-order valence-corrected chi connectivity index (χ4v) is 2.09.